The predicted octanol–water partition coefficient (Wildman–Crippen LogP) is 1.09. The molecule has 94 valence electrons. The molecule has 0 bridgehead atoms. The lowest BCUT2D eigenvalue weighted by Crippen LogP contribution is -2.20. The van der Waals surface area contributed by atoms with E-state index in [1.165, 1.54) is 0 Å². The molecule has 0 saturated carbocycles. The number of nitrogens with two attached hydrogens (primary N) is 1. The Morgan fingerprint density at radius 2 is 2.33 bits per heavy atom. The zero-order chi connectivity index (χ0) is 13.0. The van der Waals surface area contributed by atoms with Gasteiger partial charge < -0.3 is 16.4 Å². The van der Waals surface area contributed by atoms with Crippen LogP contribution >= 0.6 is 11.5 Å². The number of anilines is 2. The fraction of sp³-hybridized carbons (Fsp3) is 0.182. The highest BCUT2D eigenvalue weighted by Gasteiger charge is 2.17. The summed E-state index contributed by atoms with van der Waals surface area (Å²) in [6.07, 6.45) is 1.72. The number of amides is 1. The van der Waals surface area contributed by atoms with Gasteiger partial charge in [0.1, 0.15) is 10.6 Å². The highest BCUT2D eigenvalue weighted by atomic mass is 32.1. The lowest BCUT2D eigenvalue weighted by Gasteiger charge is -2.05. The van der Waals surface area contributed by atoms with Gasteiger partial charge in [0.2, 0.25) is 0 Å². The molecular formula is C11H13N5OS. The summed E-state index contributed by atoms with van der Waals surface area (Å²) in [4.78, 5) is 15.8. The molecule has 4 N–H and O–H groups in total. The van der Waals surface area contributed by atoms with Crippen LogP contribution in [0.15, 0.2) is 24.4 Å². The van der Waals surface area contributed by atoms with Gasteiger partial charge in [-0.05, 0) is 23.7 Å². The smallest absolute Gasteiger partial charge is 0.257 e. The maximum absolute atomic E-state index is 11.6. The van der Waals surface area contributed by atoms with Crippen molar-refractivity contribution >= 4 is 28.3 Å². The van der Waals surface area contributed by atoms with Crippen LogP contribution in [0.2, 0.25) is 0 Å². The van der Waals surface area contributed by atoms with Crippen molar-refractivity contribution in [2.24, 2.45) is 0 Å². The minimum Gasteiger partial charge on any atom is -0.382 e. The van der Waals surface area contributed by atoms with E-state index >= 15 is 0 Å². The van der Waals surface area contributed by atoms with Crippen molar-refractivity contribution in [3.05, 3.63) is 35.7 Å². The molecule has 0 aliphatic heterocycles. The van der Waals surface area contributed by atoms with Crippen molar-refractivity contribution in [1.29, 1.82) is 0 Å². The molecule has 2 aromatic heterocycles. The number of carbonyl (C=O) groups excluding carboxylic acids is 1. The van der Waals surface area contributed by atoms with Gasteiger partial charge in [-0.2, -0.15) is 4.37 Å². The third kappa shape index (κ3) is 2.57. The van der Waals surface area contributed by atoms with E-state index in [9.17, 15) is 4.79 Å². The van der Waals surface area contributed by atoms with E-state index in [-0.39, 0.29) is 11.7 Å². The van der Waals surface area contributed by atoms with Crippen molar-refractivity contribution in [3.63, 3.8) is 0 Å². The van der Waals surface area contributed by atoms with E-state index in [0.29, 0.717) is 17.1 Å². The quantitative estimate of drug-likeness (QED) is 0.768. The maximum Gasteiger partial charge on any atom is 0.257 e. The molecule has 2 heterocycles. The molecule has 0 saturated heterocycles. The van der Waals surface area contributed by atoms with Crippen LogP contribution in [0.3, 0.4) is 0 Å². The van der Waals surface area contributed by atoms with Gasteiger partial charge in [-0.1, -0.05) is 6.07 Å². The Morgan fingerprint density at radius 3 is 3.00 bits per heavy atom. The Bertz CT molecular complexity index is 540. The van der Waals surface area contributed by atoms with Crippen molar-refractivity contribution < 1.29 is 4.79 Å². The summed E-state index contributed by atoms with van der Waals surface area (Å²) in [7, 11) is 1.56. The second-order valence-electron chi connectivity index (χ2n) is 3.53. The minimum atomic E-state index is -0.246. The molecule has 6 nitrogen and oxygen atoms in total. The first-order valence-electron chi connectivity index (χ1n) is 5.33. The highest BCUT2D eigenvalue weighted by molar-refractivity contribution is 7.11. The first-order valence-corrected chi connectivity index (χ1v) is 6.10. The molecule has 0 aliphatic rings. The summed E-state index contributed by atoms with van der Waals surface area (Å²) in [5.41, 5.74) is 6.94. The molecule has 0 aromatic carbocycles. The molecule has 1 amide bonds. The molecular weight excluding hydrogens is 250 g/mol. The predicted molar refractivity (Wildman–Crippen MR) is 71.5 cm³/mol. The molecule has 0 aliphatic carbocycles. The number of nitrogen functional groups attached to an aromatic ring is 1. The number of hydrogen-bond acceptors (Lipinski definition) is 6. The number of rotatable bonds is 4. The largest absolute Gasteiger partial charge is 0.382 e. The Hall–Kier alpha value is -2.15. The standard InChI is InChI=1S/C11H13N5OS/c1-13-10(17)8-9(12)16-18-11(8)15-6-7-4-2-3-5-14-7/h2-5,15H,6H2,1H3,(H2,12,16)(H,13,17). The fourth-order valence-electron chi connectivity index (χ4n) is 1.44. The molecule has 18 heavy (non-hydrogen) atoms. The average Bonchev–Trinajstić information content (AvgIpc) is 2.78. The summed E-state index contributed by atoms with van der Waals surface area (Å²) in [6.45, 7) is 0.520. The number of carbonyl (C=O) groups is 1. The molecule has 0 spiro atoms. The highest BCUT2D eigenvalue weighted by Crippen LogP contribution is 2.26. The van der Waals surface area contributed by atoms with Crippen LogP contribution in [0.1, 0.15) is 16.1 Å². The summed E-state index contributed by atoms with van der Waals surface area (Å²) >= 11 is 1.16. The number of pyridine rings is 1. The van der Waals surface area contributed by atoms with E-state index in [1.807, 2.05) is 18.2 Å². The average molecular weight is 263 g/mol. The Kier molecular flexibility index (Phi) is 3.73. The molecule has 2 rings (SSSR count). The Balaban J connectivity index is 2.13. The van der Waals surface area contributed by atoms with Crippen molar-refractivity contribution in [2.45, 2.75) is 6.54 Å². The van der Waals surface area contributed by atoms with Crippen LogP contribution < -0.4 is 16.4 Å². The zero-order valence-corrected chi connectivity index (χ0v) is 10.6. The van der Waals surface area contributed by atoms with E-state index in [2.05, 4.69) is 20.0 Å². The third-order valence-corrected chi connectivity index (χ3v) is 3.15. The van der Waals surface area contributed by atoms with Gasteiger partial charge in [0.15, 0.2) is 5.82 Å². The molecule has 0 fully saturated rings. The van der Waals surface area contributed by atoms with Crippen LogP contribution in [0.25, 0.3) is 0 Å². The second-order valence-corrected chi connectivity index (χ2v) is 4.30. The summed E-state index contributed by atoms with van der Waals surface area (Å²) < 4.78 is 3.97. The van der Waals surface area contributed by atoms with Gasteiger partial charge in [-0.25, -0.2) is 0 Å². The summed E-state index contributed by atoms with van der Waals surface area (Å²) in [5, 5.41) is 6.31. The summed E-state index contributed by atoms with van der Waals surface area (Å²) in [5.74, 6) is -0.00681. The van der Waals surface area contributed by atoms with E-state index < -0.39 is 0 Å². The first-order chi connectivity index (χ1) is 8.72. The SMILES string of the molecule is CNC(=O)c1c(N)nsc1NCc1ccccn1. The van der Waals surface area contributed by atoms with E-state index in [1.54, 1.807) is 13.2 Å². The van der Waals surface area contributed by atoms with Gasteiger partial charge >= 0.3 is 0 Å². The normalized spacial score (nSPS) is 10.1. The van der Waals surface area contributed by atoms with Gasteiger partial charge in [0.05, 0.1) is 12.2 Å². The van der Waals surface area contributed by atoms with Crippen molar-refractivity contribution in [3.8, 4) is 0 Å². The fourth-order valence-corrected chi connectivity index (χ4v) is 2.15. The van der Waals surface area contributed by atoms with Gasteiger partial charge in [-0.3, -0.25) is 9.78 Å². The topological polar surface area (TPSA) is 92.9 Å². The van der Waals surface area contributed by atoms with Crippen LogP contribution in [0.5, 0.6) is 0 Å². The number of nitrogens with zero attached hydrogens (tertiary/aromatic N) is 2. The third-order valence-electron chi connectivity index (χ3n) is 2.33. The monoisotopic (exact) mass is 263 g/mol. The number of nitrogens with one attached hydrogen (secondary N) is 2. The molecule has 0 radical (unpaired) electrons. The van der Waals surface area contributed by atoms with E-state index in [0.717, 1.165) is 17.2 Å². The van der Waals surface area contributed by atoms with Crippen LogP contribution in [-0.2, 0) is 6.54 Å². The molecule has 0 atom stereocenters. The number of aromatic nitrogens is 2. The number of hydrogen-bond donors (Lipinski definition) is 3. The lowest BCUT2D eigenvalue weighted by atomic mass is 10.3. The van der Waals surface area contributed by atoms with Crippen LogP contribution in [0, 0.1) is 0 Å². The maximum atomic E-state index is 11.6. The van der Waals surface area contributed by atoms with Crippen LogP contribution in [-0.4, -0.2) is 22.3 Å². The lowest BCUT2D eigenvalue weighted by molar-refractivity contribution is 0.0965. The second kappa shape index (κ2) is 5.46. The van der Waals surface area contributed by atoms with Crippen molar-refractivity contribution in [2.75, 3.05) is 18.1 Å². The van der Waals surface area contributed by atoms with Gasteiger partial charge in [-0.15, -0.1) is 0 Å². The van der Waals surface area contributed by atoms with Crippen LogP contribution in [0.4, 0.5) is 10.8 Å². The first kappa shape index (κ1) is 12.3. The molecule has 2 aromatic rings. The zero-order valence-electron chi connectivity index (χ0n) is 9.80. The molecule has 7 heteroatoms. The summed E-state index contributed by atoms with van der Waals surface area (Å²) in [6, 6.07) is 5.66. The Labute approximate surface area is 108 Å². The van der Waals surface area contributed by atoms with Gasteiger partial charge in [0, 0.05) is 13.2 Å². The molecule has 0 unspecified atom stereocenters. The van der Waals surface area contributed by atoms with E-state index in [4.69, 9.17) is 5.73 Å². The van der Waals surface area contributed by atoms with Crippen molar-refractivity contribution in [1.82, 2.24) is 14.7 Å². The minimum absolute atomic E-state index is 0.239. The Morgan fingerprint density at radius 1 is 1.50 bits per heavy atom. The van der Waals surface area contributed by atoms with Gasteiger partial charge in [0.25, 0.3) is 5.91 Å².